The van der Waals surface area contributed by atoms with Crippen LogP contribution in [-0.2, 0) is 7.05 Å². The first-order valence-corrected chi connectivity index (χ1v) is 5.75. The standard InChI is InChI=1S/C12H10ClN3O2/c1-6-10(11(17)18)16-9-4-3-7(13)5-8(9)14-12(16)15(6)2/h3-5H,1-2H3,(H,17,18). The second-order valence-corrected chi connectivity index (χ2v) is 4.61. The summed E-state index contributed by atoms with van der Waals surface area (Å²) >= 11 is 5.91. The van der Waals surface area contributed by atoms with Crippen LogP contribution in [0.25, 0.3) is 16.8 Å². The number of aromatic nitrogens is 3. The number of carboxylic acids is 1. The average Bonchev–Trinajstić information content (AvgIpc) is 2.76. The number of imidazole rings is 2. The van der Waals surface area contributed by atoms with Gasteiger partial charge < -0.3 is 9.67 Å². The Kier molecular flexibility index (Phi) is 2.15. The van der Waals surface area contributed by atoms with Crippen LogP contribution in [0.4, 0.5) is 0 Å². The van der Waals surface area contributed by atoms with E-state index in [1.165, 1.54) is 0 Å². The van der Waals surface area contributed by atoms with Gasteiger partial charge in [0.1, 0.15) is 0 Å². The fourth-order valence-corrected chi connectivity index (χ4v) is 2.37. The first kappa shape index (κ1) is 11.1. The van der Waals surface area contributed by atoms with Gasteiger partial charge in [0.05, 0.1) is 11.0 Å². The summed E-state index contributed by atoms with van der Waals surface area (Å²) in [5.41, 5.74) is 2.34. The summed E-state index contributed by atoms with van der Waals surface area (Å²) in [6.45, 7) is 1.76. The number of hydrogen-bond acceptors (Lipinski definition) is 2. The smallest absolute Gasteiger partial charge is 0.354 e. The van der Waals surface area contributed by atoms with Crippen LogP contribution < -0.4 is 0 Å². The second kappa shape index (κ2) is 3.49. The van der Waals surface area contributed by atoms with Crippen LogP contribution in [-0.4, -0.2) is 25.0 Å². The minimum absolute atomic E-state index is 0.234. The van der Waals surface area contributed by atoms with E-state index in [0.29, 0.717) is 22.0 Å². The lowest BCUT2D eigenvalue weighted by Gasteiger charge is -1.97. The van der Waals surface area contributed by atoms with Gasteiger partial charge >= 0.3 is 5.97 Å². The van der Waals surface area contributed by atoms with Crippen molar-refractivity contribution in [1.29, 1.82) is 0 Å². The quantitative estimate of drug-likeness (QED) is 0.734. The molecule has 0 aliphatic rings. The monoisotopic (exact) mass is 263 g/mol. The normalized spacial score (nSPS) is 11.5. The largest absolute Gasteiger partial charge is 0.477 e. The lowest BCUT2D eigenvalue weighted by atomic mass is 10.3. The summed E-state index contributed by atoms with van der Waals surface area (Å²) in [5, 5.41) is 9.90. The summed E-state index contributed by atoms with van der Waals surface area (Å²) in [4.78, 5) is 15.8. The van der Waals surface area contributed by atoms with E-state index in [1.54, 1.807) is 41.1 Å². The highest BCUT2D eigenvalue weighted by Crippen LogP contribution is 2.24. The minimum atomic E-state index is -0.965. The van der Waals surface area contributed by atoms with Gasteiger partial charge in [0.25, 0.3) is 0 Å². The zero-order valence-electron chi connectivity index (χ0n) is 9.81. The van der Waals surface area contributed by atoms with E-state index < -0.39 is 5.97 Å². The van der Waals surface area contributed by atoms with E-state index in [1.807, 2.05) is 0 Å². The number of fused-ring (bicyclic) bond motifs is 3. The molecule has 5 nitrogen and oxygen atoms in total. The molecule has 2 aromatic heterocycles. The van der Waals surface area contributed by atoms with Gasteiger partial charge in [-0.1, -0.05) is 11.6 Å². The SMILES string of the molecule is Cc1c(C(=O)O)n2c3ccc(Cl)cc3nc2n1C. The van der Waals surface area contributed by atoms with Gasteiger partial charge in [0, 0.05) is 17.8 Å². The molecule has 6 heteroatoms. The molecular formula is C12H10ClN3O2. The van der Waals surface area contributed by atoms with Crippen LogP contribution in [0.1, 0.15) is 16.2 Å². The predicted octanol–water partition coefficient (Wildman–Crippen LogP) is 2.49. The highest BCUT2D eigenvalue weighted by molar-refractivity contribution is 6.31. The molecule has 0 saturated carbocycles. The molecule has 1 aromatic carbocycles. The number of aromatic carboxylic acids is 1. The zero-order chi connectivity index (χ0) is 13.0. The molecule has 3 aromatic rings. The lowest BCUT2D eigenvalue weighted by Crippen LogP contribution is -2.03. The van der Waals surface area contributed by atoms with Gasteiger partial charge in [-0.3, -0.25) is 4.40 Å². The third kappa shape index (κ3) is 1.28. The van der Waals surface area contributed by atoms with E-state index in [9.17, 15) is 9.90 Å². The molecule has 0 unspecified atom stereocenters. The molecule has 0 atom stereocenters. The van der Waals surface area contributed by atoms with Gasteiger partial charge in [-0.2, -0.15) is 0 Å². The van der Waals surface area contributed by atoms with Crippen molar-refractivity contribution in [2.75, 3.05) is 0 Å². The third-order valence-electron chi connectivity index (χ3n) is 3.17. The van der Waals surface area contributed by atoms with Gasteiger partial charge in [-0.25, -0.2) is 9.78 Å². The van der Waals surface area contributed by atoms with E-state index in [2.05, 4.69) is 4.98 Å². The number of carboxylic acid groups (broad SMARTS) is 1. The Bertz CT molecular complexity index is 801. The van der Waals surface area contributed by atoms with Crippen LogP contribution >= 0.6 is 11.6 Å². The molecule has 0 aliphatic carbocycles. The van der Waals surface area contributed by atoms with Crippen molar-refractivity contribution >= 4 is 34.4 Å². The van der Waals surface area contributed by atoms with Crippen molar-refractivity contribution in [1.82, 2.24) is 14.0 Å². The number of carbonyl (C=O) groups is 1. The van der Waals surface area contributed by atoms with Crippen LogP contribution in [0.3, 0.4) is 0 Å². The molecule has 0 aliphatic heterocycles. The summed E-state index contributed by atoms with van der Waals surface area (Å²) in [6, 6.07) is 5.24. The number of hydrogen-bond donors (Lipinski definition) is 1. The fourth-order valence-electron chi connectivity index (χ4n) is 2.21. The summed E-state index contributed by atoms with van der Waals surface area (Å²) < 4.78 is 3.40. The Balaban J connectivity index is 2.58. The van der Waals surface area contributed by atoms with E-state index >= 15 is 0 Å². The molecule has 0 fully saturated rings. The molecule has 18 heavy (non-hydrogen) atoms. The zero-order valence-corrected chi connectivity index (χ0v) is 10.6. The third-order valence-corrected chi connectivity index (χ3v) is 3.41. The first-order valence-electron chi connectivity index (χ1n) is 5.37. The topological polar surface area (TPSA) is 59.5 Å². The predicted molar refractivity (Wildman–Crippen MR) is 68.4 cm³/mol. The van der Waals surface area contributed by atoms with E-state index in [4.69, 9.17) is 11.6 Å². The maximum atomic E-state index is 11.4. The molecule has 2 heterocycles. The molecule has 92 valence electrons. The Labute approximate surface area is 107 Å². The van der Waals surface area contributed by atoms with Crippen molar-refractivity contribution in [2.24, 2.45) is 7.05 Å². The highest BCUT2D eigenvalue weighted by atomic mass is 35.5. The van der Waals surface area contributed by atoms with Crippen LogP contribution in [0.15, 0.2) is 18.2 Å². The maximum Gasteiger partial charge on any atom is 0.354 e. The summed E-state index contributed by atoms with van der Waals surface area (Å²) in [6.07, 6.45) is 0. The fraction of sp³-hybridized carbons (Fsp3) is 0.167. The Morgan fingerprint density at radius 2 is 2.17 bits per heavy atom. The molecule has 0 saturated heterocycles. The van der Waals surface area contributed by atoms with Gasteiger partial charge in [-0.05, 0) is 25.1 Å². The molecule has 3 rings (SSSR count). The first-order chi connectivity index (χ1) is 8.50. The number of aryl methyl sites for hydroxylation is 1. The molecular weight excluding hydrogens is 254 g/mol. The second-order valence-electron chi connectivity index (χ2n) is 4.18. The molecule has 0 amide bonds. The molecule has 0 spiro atoms. The molecule has 0 bridgehead atoms. The van der Waals surface area contributed by atoms with Crippen molar-refractivity contribution in [3.8, 4) is 0 Å². The number of rotatable bonds is 1. The highest BCUT2D eigenvalue weighted by Gasteiger charge is 2.21. The summed E-state index contributed by atoms with van der Waals surface area (Å²) in [5.74, 6) is -0.366. The van der Waals surface area contributed by atoms with Crippen LogP contribution in [0.2, 0.25) is 5.02 Å². The lowest BCUT2D eigenvalue weighted by molar-refractivity contribution is 0.0688. The average molecular weight is 264 g/mol. The Hall–Kier alpha value is -2.01. The van der Waals surface area contributed by atoms with Crippen molar-refractivity contribution in [3.05, 3.63) is 34.6 Å². The Morgan fingerprint density at radius 1 is 1.44 bits per heavy atom. The van der Waals surface area contributed by atoms with Gasteiger partial charge in [0.2, 0.25) is 5.78 Å². The Morgan fingerprint density at radius 3 is 2.83 bits per heavy atom. The van der Waals surface area contributed by atoms with Crippen LogP contribution in [0.5, 0.6) is 0 Å². The van der Waals surface area contributed by atoms with Crippen molar-refractivity contribution in [2.45, 2.75) is 6.92 Å². The minimum Gasteiger partial charge on any atom is -0.477 e. The number of halogens is 1. The number of nitrogens with zero attached hydrogens (tertiary/aromatic N) is 3. The van der Waals surface area contributed by atoms with Crippen molar-refractivity contribution < 1.29 is 9.90 Å². The van der Waals surface area contributed by atoms with Gasteiger partial charge in [-0.15, -0.1) is 0 Å². The maximum absolute atomic E-state index is 11.4. The van der Waals surface area contributed by atoms with Crippen LogP contribution in [0, 0.1) is 6.92 Å². The van der Waals surface area contributed by atoms with Gasteiger partial charge in [0.15, 0.2) is 5.69 Å². The van der Waals surface area contributed by atoms with E-state index in [0.717, 1.165) is 5.52 Å². The molecule has 0 radical (unpaired) electrons. The van der Waals surface area contributed by atoms with Crippen molar-refractivity contribution in [3.63, 3.8) is 0 Å². The summed E-state index contributed by atoms with van der Waals surface area (Å²) in [7, 11) is 1.80. The number of benzene rings is 1. The molecule has 1 N–H and O–H groups in total. The van der Waals surface area contributed by atoms with E-state index in [-0.39, 0.29) is 5.69 Å².